The lowest BCUT2D eigenvalue weighted by Gasteiger charge is -2.29. The molecule has 0 saturated carbocycles. The summed E-state index contributed by atoms with van der Waals surface area (Å²) in [7, 11) is 0. The number of amides is 4. The van der Waals surface area contributed by atoms with E-state index in [4.69, 9.17) is 0 Å². The number of halogens is 1. The third-order valence-electron chi connectivity index (χ3n) is 4.90. The second-order valence-corrected chi connectivity index (χ2v) is 7.00. The van der Waals surface area contributed by atoms with Gasteiger partial charge in [-0.2, -0.15) is 0 Å². The van der Waals surface area contributed by atoms with Crippen molar-refractivity contribution < 1.29 is 18.8 Å². The first-order valence-corrected chi connectivity index (χ1v) is 8.85. The number of carbonyl (C=O) groups excluding carboxylic acids is 3. The number of piperidine rings is 1. The molecule has 0 bridgehead atoms. The Morgan fingerprint density at radius 3 is 2.62 bits per heavy atom. The van der Waals surface area contributed by atoms with Crippen LogP contribution in [0.2, 0.25) is 0 Å². The fourth-order valence-corrected chi connectivity index (χ4v) is 3.32. The maximum atomic E-state index is 14.4. The van der Waals surface area contributed by atoms with Gasteiger partial charge in [0.1, 0.15) is 11.4 Å². The van der Waals surface area contributed by atoms with E-state index in [2.05, 4.69) is 16.0 Å². The Hall–Kier alpha value is -2.64. The summed E-state index contributed by atoms with van der Waals surface area (Å²) in [6, 6.07) is 4.11. The summed E-state index contributed by atoms with van der Waals surface area (Å²) in [6.07, 6.45) is 3.47. The number of nitrogens with zero attached hydrogens (tertiary/aromatic N) is 1. The Kier molecular flexibility index (Phi) is 5.11. The Morgan fingerprint density at radius 2 is 2.00 bits per heavy atom. The second-order valence-electron chi connectivity index (χ2n) is 7.00. The minimum atomic E-state index is -1.10. The standard InChI is InChI=1S/C18H23FN4O3/c1-18(16(25)21-17(26)22-18)8-7-15(24)20-12-5-6-14(13(19)11-12)23-9-3-2-4-10-23/h5-6,11H,2-4,7-10H2,1H3,(H,20,24)(H2,21,22,25,26)/t18-/m1/s1. The molecule has 7 nitrogen and oxygen atoms in total. The second kappa shape index (κ2) is 7.31. The van der Waals surface area contributed by atoms with Crippen LogP contribution in [0.4, 0.5) is 20.6 Å². The third-order valence-corrected chi connectivity index (χ3v) is 4.90. The van der Waals surface area contributed by atoms with Crippen molar-refractivity contribution in [1.82, 2.24) is 10.6 Å². The quantitative estimate of drug-likeness (QED) is 0.700. The van der Waals surface area contributed by atoms with Gasteiger partial charge in [0.05, 0.1) is 5.69 Å². The zero-order valence-electron chi connectivity index (χ0n) is 14.7. The van der Waals surface area contributed by atoms with Gasteiger partial charge in [-0.1, -0.05) is 0 Å². The molecule has 3 N–H and O–H groups in total. The molecule has 1 atom stereocenters. The van der Waals surface area contributed by atoms with Gasteiger partial charge in [0.15, 0.2) is 0 Å². The topological polar surface area (TPSA) is 90.5 Å². The molecule has 1 aromatic rings. The van der Waals surface area contributed by atoms with Crippen LogP contribution in [0, 0.1) is 5.82 Å². The molecule has 2 fully saturated rings. The highest BCUT2D eigenvalue weighted by molar-refractivity contribution is 6.07. The van der Waals surface area contributed by atoms with Gasteiger partial charge in [-0.25, -0.2) is 9.18 Å². The largest absolute Gasteiger partial charge is 0.369 e. The molecular formula is C18H23FN4O3. The summed E-state index contributed by atoms with van der Waals surface area (Å²) < 4.78 is 14.4. The number of urea groups is 1. The molecule has 26 heavy (non-hydrogen) atoms. The monoisotopic (exact) mass is 362 g/mol. The lowest BCUT2D eigenvalue weighted by molar-refractivity contribution is -0.124. The number of benzene rings is 1. The Morgan fingerprint density at radius 1 is 1.27 bits per heavy atom. The molecule has 0 unspecified atom stereocenters. The number of hydrogen-bond donors (Lipinski definition) is 3. The minimum Gasteiger partial charge on any atom is -0.369 e. The Balaban J connectivity index is 1.56. The molecule has 0 aromatic heterocycles. The molecule has 3 rings (SSSR count). The van der Waals surface area contributed by atoms with E-state index in [1.807, 2.05) is 4.90 Å². The predicted molar refractivity (Wildman–Crippen MR) is 95.4 cm³/mol. The zero-order valence-corrected chi connectivity index (χ0v) is 14.7. The first-order valence-electron chi connectivity index (χ1n) is 8.85. The molecule has 2 aliphatic heterocycles. The lowest BCUT2D eigenvalue weighted by Crippen LogP contribution is -2.44. The van der Waals surface area contributed by atoms with E-state index in [1.54, 1.807) is 19.1 Å². The van der Waals surface area contributed by atoms with Crippen molar-refractivity contribution in [2.45, 2.75) is 44.6 Å². The van der Waals surface area contributed by atoms with Crippen LogP contribution in [0.5, 0.6) is 0 Å². The average Bonchev–Trinajstić information content (AvgIpc) is 2.86. The number of imide groups is 1. The fraction of sp³-hybridized carbons (Fsp3) is 0.500. The van der Waals surface area contributed by atoms with E-state index < -0.39 is 17.5 Å². The number of rotatable bonds is 5. The number of nitrogens with one attached hydrogen (secondary N) is 3. The van der Waals surface area contributed by atoms with Gasteiger partial charge in [0.2, 0.25) is 5.91 Å². The smallest absolute Gasteiger partial charge is 0.322 e. The van der Waals surface area contributed by atoms with Crippen LogP contribution >= 0.6 is 0 Å². The van der Waals surface area contributed by atoms with Crippen molar-refractivity contribution in [3.8, 4) is 0 Å². The summed E-state index contributed by atoms with van der Waals surface area (Å²) in [5.74, 6) is -1.16. The summed E-state index contributed by atoms with van der Waals surface area (Å²) in [5.41, 5.74) is -0.170. The van der Waals surface area contributed by atoms with Gasteiger partial charge < -0.3 is 15.5 Å². The Bertz CT molecular complexity index is 733. The zero-order chi connectivity index (χ0) is 18.7. The number of carbonyl (C=O) groups is 3. The molecule has 1 aromatic carbocycles. The van der Waals surface area contributed by atoms with Crippen molar-refractivity contribution in [3.05, 3.63) is 24.0 Å². The highest BCUT2D eigenvalue weighted by Gasteiger charge is 2.41. The maximum absolute atomic E-state index is 14.4. The van der Waals surface area contributed by atoms with Gasteiger partial charge in [-0.3, -0.25) is 14.9 Å². The lowest BCUT2D eigenvalue weighted by atomic mass is 9.96. The van der Waals surface area contributed by atoms with E-state index >= 15 is 0 Å². The van der Waals surface area contributed by atoms with E-state index in [0.717, 1.165) is 25.9 Å². The van der Waals surface area contributed by atoms with Crippen LogP contribution in [-0.4, -0.2) is 36.5 Å². The summed E-state index contributed by atoms with van der Waals surface area (Å²) in [4.78, 5) is 37.1. The average molecular weight is 362 g/mol. The van der Waals surface area contributed by atoms with Crippen molar-refractivity contribution in [2.24, 2.45) is 0 Å². The molecule has 2 aliphatic rings. The molecule has 2 saturated heterocycles. The number of hydrogen-bond acceptors (Lipinski definition) is 4. The molecule has 0 radical (unpaired) electrons. The molecule has 0 aliphatic carbocycles. The summed E-state index contributed by atoms with van der Waals surface area (Å²) in [5, 5.41) is 7.30. The van der Waals surface area contributed by atoms with Gasteiger partial charge in [0, 0.05) is 25.2 Å². The molecule has 2 heterocycles. The van der Waals surface area contributed by atoms with Gasteiger partial charge in [0.25, 0.3) is 5.91 Å². The van der Waals surface area contributed by atoms with Crippen LogP contribution in [-0.2, 0) is 9.59 Å². The van der Waals surface area contributed by atoms with E-state index in [-0.39, 0.29) is 24.6 Å². The maximum Gasteiger partial charge on any atom is 0.322 e. The van der Waals surface area contributed by atoms with Crippen LogP contribution in [0.1, 0.15) is 39.0 Å². The molecular weight excluding hydrogens is 339 g/mol. The fourth-order valence-electron chi connectivity index (χ4n) is 3.32. The SMILES string of the molecule is C[C@]1(CCC(=O)Nc2ccc(N3CCCCC3)c(F)c2)NC(=O)NC1=O. The van der Waals surface area contributed by atoms with E-state index in [1.165, 1.54) is 12.5 Å². The van der Waals surface area contributed by atoms with E-state index in [9.17, 15) is 18.8 Å². The molecule has 140 valence electrons. The first kappa shape index (κ1) is 18.2. The van der Waals surface area contributed by atoms with Crippen molar-refractivity contribution in [3.63, 3.8) is 0 Å². The van der Waals surface area contributed by atoms with Crippen LogP contribution in [0.15, 0.2) is 18.2 Å². The van der Waals surface area contributed by atoms with Gasteiger partial charge in [-0.05, 0) is 50.8 Å². The third kappa shape index (κ3) is 3.95. The van der Waals surface area contributed by atoms with Crippen molar-refractivity contribution in [2.75, 3.05) is 23.3 Å². The number of anilines is 2. The van der Waals surface area contributed by atoms with E-state index in [0.29, 0.717) is 11.4 Å². The summed E-state index contributed by atoms with van der Waals surface area (Å²) >= 11 is 0. The Labute approximate surface area is 151 Å². The normalized spacial score (nSPS) is 22.8. The van der Waals surface area contributed by atoms with Crippen LogP contribution in [0.25, 0.3) is 0 Å². The summed E-state index contributed by atoms with van der Waals surface area (Å²) in [6.45, 7) is 3.25. The highest BCUT2D eigenvalue weighted by Crippen LogP contribution is 2.26. The minimum absolute atomic E-state index is 0.0275. The van der Waals surface area contributed by atoms with Crippen molar-refractivity contribution >= 4 is 29.2 Å². The van der Waals surface area contributed by atoms with Crippen LogP contribution < -0.4 is 20.9 Å². The predicted octanol–water partition coefficient (Wildman–Crippen LogP) is 2.13. The molecule has 4 amide bonds. The highest BCUT2D eigenvalue weighted by atomic mass is 19.1. The van der Waals surface area contributed by atoms with Gasteiger partial charge in [-0.15, -0.1) is 0 Å². The molecule has 0 spiro atoms. The van der Waals surface area contributed by atoms with Crippen LogP contribution in [0.3, 0.4) is 0 Å². The molecule has 8 heteroatoms. The van der Waals surface area contributed by atoms with Crippen molar-refractivity contribution in [1.29, 1.82) is 0 Å². The first-order chi connectivity index (χ1) is 12.4. The van der Waals surface area contributed by atoms with Gasteiger partial charge >= 0.3 is 6.03 Å².